The SMILES string of the molecule is Cc1cccc(CN)c1OCC(=O)NCc1ccccc1. The first-order chi connectivity index (χ1) is 10.2. The van der Waals surface area contributed by atoms with Crippen molar-refractivity contribution in [2.24, 2.45) is 5.73 Å². The minimum atomic E-state index is -0.148. The Balaban J connectivity index is 1.87. The molecule has 21 heavy (non-hydrogen) atoms. The Labute approximate surface area is 124 Å². The minimum absolute atomic E-state index is 0.00924. The van der Waals surface area contributed by atoms with E-state index in [2.05, 4.69) is 5.32 Å². The molecular weight excluding hydrogens is 264 g/mol. The lowest BCUT2D eigenvalue weighted by molar-refractivity contribution is -0.123. The zero-order valence-corrected chi connectivity index (χ0v) is 12.1. The van der Waals surface area contributed by atoms with E-state index in [1.807, 2.05) is 55.5 Å². The monoisotopic (exact) mass is 284 g/mol. The van der Waals surface area contributed by atoms with Gasteiger partial charge in [0.25, 0.3) is 5.91 Å². The molecule has 110 valence electrons. The smallest absolute Gasteiger partial charge is 0.258 e. The summed E-state index contributed by atoms with van der Waals surface area (Å²) in [5, 5.41) is 2.83. The third kappa shape index (κ3) is 4.33. The molecule has 0 aliphatic carbocycles. The van der Waals surface area contributed by atoms with Crippen molar-refractivity contribution < 1.29 is 9.53 Å². The van der Waals surface area contributed by atoms with Gasteiger partial charge < -0.3 is 15.8 Å². The van der Waals surface area contributed by atoms with Crippen molar-refractivity contribution in [3.63, 3.8) is 0 Å². The van der Waals surface area contributed by atoms with Crippen LogP contribution in [0, 0.1) is 6.92 Å². The van der Waals surface area contributed by atoms with Gasteiger partial charge in [-0.15, -0.1) is 0 Å². The van der Waals surface area contributed by atoms with Crippen LogP contribution in [0.5, 0.6) is 5.75 Å². The highest BCUT2D eigenvalue weighted by Crippen LogP contribution is 2.22. The van der Waals surface area contributed by atoms with Crippen LogP contribution in [0.25, 0.3) is 0 Å². The second-order valence-corrected chi connectivity index (χ2v) is 4.82. The first-order valence-electron chi connectivity index (χ1n) is 6.92. The van der Waals surface area contributed by atoms with Crippen LogP contribution < -0.4 is 15.8 Å². The van der Waals surface area contributed by atoms with Gasteiger partial charge in [0, 0.05) is 18.7 Å². The molecule has 0 unspecified atom stereocenters. The number of carbonyl (C=O) groups excluding carboxylic acids is 1. The Bertz CT molecular complexity index is 597. The summed E-state index contributed by atoms with van der Waals surface area (Å²) in [6.45, 7) is 2.82. The number of hydrogen-bond acceptors (Lipinski definition) is 3. The fourth-order valence-electron chi connectivity index (χ4n) is 2.07. The number of carbonyl (C=O) groups is 1. The van der Waals surface area contributed by atoms with E-state index in [-0.39, 0.29) is 12.5 Å². The van der Waals surface area contributed by atoms with Crippen LogP contribution in [0.4, 0.5) is 0 Å². The maximum Gasteiger partial charge on any atom is 0.258 e. The van der Waals surface area contributed by atoms with Gasteiger partial charge in [0.05, 0.1) is 0 Å². The lowest BCUT2D eigenvalue weighted by Gasteiger charge is -2.13. The lowest BCUT2D eigenvalue weighted by atomic mass is 10.1. The van der Waals surface area contributed by atoms with Gasteiger partial charge in [-0.1, -0.05) is 48.5 Å². The lowest BCUT2D eigenvalue weighted by Crippen LogP contribution is -2.28. The van der Waals surface area contributed by atoms with Crippen molar-refractivity contribution in [3.05, 3.63) is 65.2 Å². The summed E-state index contributed by atoms with van der Waals surface area (Å²) < 4.78 is 5.62. The van der Waals surface area contributed by atoms with Gasteiger partial charge in [0.2, 0.25) is 0 Å². The third-order valence-electron chi connectivity index (χ3n) is 3.19. The number of amides is 1. The Hall–Kier alpha value is -2.33. The van der Waals surface area contributed by atoms with Gasteiger partial charge in [-0.25, -0.2) is 0 Å². The number of ether oxygens (including phenoxy) is 1. The summed E-state index contributed by atoms with van der Waals surface area (Å²) in [5.41, 5.74) is 8.63. The molecule has 1 amide bonds. The second kappa shape index (κ2) is 7.45. The predicted molar refractivity (Wildman–Crippen MR) is 82.9 cm³/mol. The largest absolute Gasteiger partial charge is 0.483 e. The number of benzene rings is 2. The van der Waals surface area contributed by atoms with Crippen LogP contribution in [0.15, 0.2) is 48.5 Å². The summed E-state index contributed by atoms with van der Waals surface area (Å²) in [6.07, 6.45) is 0. The zero-order valence-electron chi connectivity index (χ0n) is 12.1. The van der Waals surface area contributed by atoms with Crippen LogP contribution in [-0.2, 0) is 17.9 Å². The van der Waals surface area contributed by atoms with Gasteiger partial charge in [-0.05, 0) is 18.1 Å². The minimum Gasteiger partial charge on any atom is -0.483 e. The number of rotatable bonds is 6. The van der Waals surface area contributed by atoms with E-state index in [1.165, 1.54) is 0 Å². The van der Waals surface area contributed by atoms with Gasteiger partial charge in [0.1, 0.15) is 5.75 Å². The Morgan fingerprint density at radius 3 is 2.62 bits per heavy atom. The van der Waals surface area contributed by atoms with Gasteiger partial charge in [0.15, 0.2) is 6.61 Å². The van der Waals surface area contributed by atoms with Crippen molar-refractivity contribution in [2.45, 2.75) is 20.0 Å². The van der Waals surface area contributed by atoms with Crippen LogP contribution in [0.1, 0.15) is 16.7 Å². The number of nitrogens with two attached hydrogens (primary N) is 1. The molecule has 0 radical (unpaired) electrons. The first-order valence-corrected chi connectivity index (χ1v) is 6.92. The van der Waals surface area contributed by atoms with Gasteiger partial charge in [-0.3, -0.25) is 4.79 Å². The molecule has 0 aromatic heterocycles. The molecule has 4 nitrogen and oxygen atoms in total. The molecule has 0 spiro atoms. The Morgan fingerprint density at radius 1 is 1.14 bits per heavy atom. The van der Waals surface area contributed by atoms with Gasteiger partial charge >= 0.3 is 0 Å². The van der Waals surface area contributed by atoms with Crippen LogP contribution in [-0.4, -0.2) is 12.5 Å². The molecule has 0 heterocycles. The number of hydrogen-bond donors (Lipinski definition) is 2. The Morgan fingerprint density at radius 2 is 1.90 bits per heavy atom. The summed E-state index contributed by atoms with van der Waals surface area (Å²) in [6, 6.07) is 15.5. The fraction of sp³-hybridized carbons (Fsp3) is 0.235. The molecule has 0 saturated carbocycles. The van der Waals surface area contributed by atoms with E-state index in [4.69, 9.17) is 10.5 Å². The maximum atomic E-state index is 11.8. The topological polar surface area (TPSA) is 64.3 Å². The molecule has 2 aromatic carbocycles. The maximum absolute atomic E-state index is 11.8. The standard InChI is InChI=1S/C17H20N2O2/c1-13-6-5-9-15(10-18)17(13)21-12-16(20)19-11-14-7-3-2-4-8-14/h2-9H,10-12,18H2,1H3,(H,19,20). The van der Waals surface area contributed by atoms with E-state index >= 15 is 0 Å². The molecule has 3 N–H and O–H groups in total. The highest BCUT2D eigenvalue weighted by atomic mass is 16.5. The predicted octanol–water partition coefficient (Wildman–Crippen LogP) is 2.15. The van der Waals surface area contributed by atoms with Crippen LogP contribution >= 0.6 is 0 Å². The number of para-hydroxylation sites is 1. The highest BCUT2D eigenvalue weighted by molar-refractivity contribution is 5.77. The molecule has 0 atom stereocenters. The molecule has 4 heteroatoms. The average molecular weight is 284 g/mol. The highest BCUT2D eigenvalue weighted by Gasteiger charge is 2.08. The Kier molecular flexibility index (Phi) is 5.35. The third-order valence-corrected chi connectivity index (χ3v) is 3.19. The molecule has 2 rings (SSSR count). The van der Waals surface area contributed by atoms with Crippen molar-refractivity contribution in [3.8, 4) is 5.75 Å². The van der Waals surface area contributed by atoms with Crippen LogP contribution in [0.2, 0.25) is 0 Å². The molecule has 2 aromatic rings. The van der Waals surface area contributed by atoms with E-state index in [0.29, 0.717) is 18.8 Å². The normalized spacial score (nSPS) is 10.2. The van der Waals surface area contributed by atoms with Crippen molar-refractivity contribution in [2.75, 3.05) is 6.61 Å². The first kappa shape index (κ1) is 15.1. The zero-order chi connectivity index (χ0) is 15.1. The molecule has 0 aliphatic rings. The fourth-order valence-corrected chi connectivity index (χ4v) is 2.07. The summed E-state index contributed by atoms with van der Waals surface area (Å²) in [5.74, 6) is 0.555. The number of nitrogens with one attached hydrogen (secondary N) is 1. The van der Waals surface area contributed by atoms with Crippen molar-refractivity contribution in [1.82, 2.24) is 5.32 Å². The quantitative estimate of drug-likeness (QED) is 0.854. The van der Waals surface area contributed by atoms with E-state index in [1.54, 1.807) is 0 Å². The molecule has 0 fully saturated rings. The molecular formula is C17H20N2O2. The van der Waals surface area contributed by atoms with Crippen molar-refractivity contribution >= 4 is 5.91 Å². The molecule has 0 saturated heterocycles. The van der Waals surface area contributed by atoms with E-state index in [0.717, 1.165) is 16.7 Å². The van der Waals surface area contributed by atoms with Crippen LogP contribution in [0.3, 0.4) is 0 Å². The summed E-state index contributed by atoms with van der Waals surface area (Å²) in [7, 11) is 0. The number of aryl methyl sites for hydroxylation is 1. The van der Waals surface area contributed by atoms with E-state index < -0.39 is 0 Å². The molecule has 0 bridgehead atoms. The average Bonchev–Trinajstić information content (AvgIpc) is 2.52. The van der Waals surface area contributed by atoms with E-state index in [9.17, 15) is 4.79 Å². The summed E-state index contributed by atoms with van der Waals surface area (Å²) >= 11 is 0. The van der Waals surface area contributed by atoms with Crippen molar-refractivity contribution in [1.29, 1.82) is 0 Å². The summed E-state index contributed by atoms with van der Waals surface area (Å²) in [4.78, 5) is 11.8. The van der Waals surface area contributed by atoms with Gasteiger partial charge in [-0.2, -0.15) is 0 Å². The molecule has 0 aliphatic heterocycles. The second-order valence-electron chi connectivity index (χ2n) is 4.82.